The maximum Gasteiger partial charge on any atom is 0.351 e. The molecule has 0 saturated carbocycles. The second-order valence-corrected chi connectivity index (χ2v) is 6.88. The first-order valence-corrected chi connectivity index (χ1v) is 8.93. The van der Waals surface area contributed by atoms with Crippen molar-refractivity contribution >= 4 is 0 Å². The molecule has 4 aromatic rings. The summed E-state index contributed by atoms with van der Waals surface area (Å²) in [5.41, 5.74) is -1.82. The third-order valence-corrected chi connectivity index (χ3v) is 4.61. The van der Waals surface area contributed by atoms with Crippen LogP contribution in [0.1, 0.15) is 11.1 Å². The van der Waals surface area contributed by atoms with Gasteiger partial charge in [-0.15, -0.1) is 0 Å². The van der Waals surface area contributed by atoms with Gasteiger partial charge in [-0.3, -0.25) is 0 Å². The van der Waals surface area contributed by atoms with Gasteiger partial charge in [-0.1, -0.05) is 12.1 Å². The maximum absolute atomic E-state index is 14.5. The van der Waals surface area contributed by atoms with E-state index in [9.17, 15) is 18.7 Å². The van der Waals surface area contributed by atoms with Gasteiger partial charge < -0.3 is 5.11 Å². The zero-order chi connectivity index (χ0) is 21.3. The van der Waals surface area contributed by atoms with Crippen molar-refractivity contribution in [2.24, 2.45) is 0 Å². The Kier molecular flexibility index (Phi) is 4.96. The van der Waals surface area contributed by atoms with Crippen LogP contribution in [-0.2, 0) is 18.7 Å². The zero-order valence-corrected chi connectivity index (χ0v) is 15.9. The molecule has 1 atom stereocenters. The molecule has 0 spiro atoms. The highest BCUT2D eigenvalue weighted by atomic mass is 19.1. The van der Waals surface area contributed by atoms with Crippen LogP contribution in [0.3, 0.4) is 0 Å². The van der Waals surface area contributed by atoms with Gasteiger partial charge >= 0.3 is 5.69 Å². The van der Waals surface area contributed by atoms with Crippen LogP contribution in [-0.4, -0.2) is 39.2 Å². The number of rotatable bonds is 6. The predicted molar refractivity (Wildman–Crippen MR) is 101 cm³/mol. The number of hydrogen-bond acceptors (Lipinski definition) is 6. The lowest BCUT2D eigenvalue weighted by atomic mass is 9.93. The van der Waals surface area contributed by atoms with Gasteiger partial charge in [0, 0.05) is 17.8 Å². The average Bonchev–Trinajstić information content (AvgIpc) is 3.33. The lowest BCUT2D eigenvalue weighted by Crippen LogP contribution is -2.41. The summed E-state index contributed by atoms with van der Waals surface area (Å²) in [6.45, 7) is 1.22. The molecule has 9 nitrogen and oxygen atoms in total. The summed E-state index contributed by atoms with van der Waals surface area (Å²) in [6, 6.07) is 6.28. The average molecular weight is 413 g/mol. The molecule has 0 radical (unpaired) electrons. The van der Waals surface area contributed by atoms with E-state index < -0.39 is 29.5 Å². The molecular weight excluding hydrogens is 396 g/mol. The van der Waals surface area contributed by atoms with E-state index in [1.165, 1.54) is 28.2 Å². The molecule has 30 heavy (non-hydrogen) atoms. The number of aryl methyl sites for hydroxylation is 1. The van der Waals surface area contributed by atoms with Crippen molar-refractivity contribution in [3.8, 4) is 5.82 Å². The summed E-state index contributed by atoms with van der Waals surface area (Å²) in [5.74, 6) is -1.39. The second kappa shape index (κ2) is 7.59. The van der Waals surface area contributed by atoms with Crippen molar-refractivity contribution in [2.75, 3.05) is 0 Å². The molecule has 11 heteroatoms. The van der Waals surface area contributed by atoms with E-state index in [0.717, 1.165) is 22.4 Å². The smallest absolute Gasteiger partial charge is 0.351 e. The van der Waals surface area contributed by atoms with Crippen LogP contribution < -0.4 is 5.69 Å². The molecule has 4 rings (SSSR count). The minimum absolute atomic E-state index is 0.200. The first-order valence-electron chi connectivity index (χ1n) is 8.93. The molecule has 0 aliphatic heterocycles. The first-order chi connectivity index (χ1) is 14.4. The van der Waals surface area contributed by atoms with E-state index in [1.54, 1.807) is 18.3 Å². The summed E-state index contributed by atoms with van der Waals surface area (Å²) in [4.78, 5) is 20.8. The molecule has 1 N–H and O–H groups in total. The Hall–Kier alpha value is -3.73. The number of pyridine rings is 1. The molecule has 0 aliphatic rings. The van der Waals surface area contributed by atoms with Gasteiger partial charge in [0.25, 0.3) is 0 Å². The predicted octanol–water partition coefficient (Wildman–Crippen LogP) is 1.20. The molecule has 0 fully saturated rings. The van der Waals surface area contributed by atoms with Gasteiger partial charge in [-0.05, 0) is 24.6 Å². The van der Waals surface area contributed by atoms with Gasteiger partial charge in [0.15, 0.2) is 0 Å². The van der Waals surface area contributed by atoms with Crippen LogP contribution in [0.4, 0.5) is 8.78 Å². The van der Waals surface area contributed by atoms with Crippen LogP contribution in [0.2, 0.25) is 0 Å². The van der Waals surface area contributed by atoms with Crippen molar-refractivity contribution < 1.29 is 13.9 Å². The highest BCUT2D eigenvalue weighted by Crippen LogP contribution is 2.28. The molecule has 0 amide bonds. The molecule has 3 aromatic heterocycles. The third kappa shape index (κ3) is 3.74. The largest absolute Gasteiger partial charge is 0.381 e. The molecule has 0 bridgehead atoms. The van der Waals surface area contributed by atoms with E-state index >= 15 is 0 Å². The number of aromatic nitrogens is 7. The van der Waals surface area contributed by atoms with E-state index in [1.807, 2.05) is 6.92 Å². The Morgan fingerprint density at radius 2 is 1.93 bits per heavy atom. The Labute approximate surface area is 168 Å². The monoisotopic (exact) mass is 413 g/mol. The van der Waals surface area contributed by atoms with Crippen LogP contribution in [0.15, 0.2) is 60.3 Å². The lowest BCUT2D eigenvalue weighted by molar-refractivity contribution is -0.00948. The summed E-state index contributed by atoms with van der Waals surface area (Å²) in [5, 5.41) is 19.3. The van der Waals surface area contributed by atoms with Gasteiger partial charge in [-0.2, -0.15) is 10.2 Å². The number of halogens is 2. The standard InChI is InChI=1S/C19H17F2N7O2/c1-13-2-5-17(23-7-13)27-12-25-28(18(27)29)9-19(30,8-26-11-22-10-24-26)15-4-3-14(20)6-16(15)21/h2-7,10-12,30H,8-9H2,1H3. The van der Waals surface area contributed by atoms with Gasteiger partial charge in [-0.25, -0.2) is 37.5 Å². The number of nitrogens with zero attached hydrogens (tertiary/aromatic N) is 7. The zero-order valence-electron chi connectivity index (χ0n) is 15.9. The molecule has 154 valence electrons. The van der Waals surface area contributed by atoms with Gasteiger partial charge in [0.2, 0.25) is 0 Å². The number of benzene rings is 1. The highest BCUT2D eigenvalue weighted by molar-refractivity contribution is 5.26. The fourth-order valence-corrected chi connectivity index (χ4v) is 3.12. The molecule has 1 aromatic carbocycles. The van der Waals surface area contributed by atoms with Gasteiger partial charge in [0.05, 0.1) is 13.1 Å². The van der Waals surface area contributed by atoms with Crippen molar-refractivity contribution in [2.45, 2.75) is 25.6 Å². The molecule has 1 unspecified atom stereocenters. The number of aliphatic hydroxyl groups is 1. The first kappa shape index (κ1) is 19.6. The van der Waals surface area contributed by atoms with Crippen molar-refractivity contribution in [1.29, 1.82) is 0 Å². The summed E-state index contributed by atoms with van der Waals surface area (Å²) < 4.78 is 31.4. The van der Waals surface area contributed by atoms with Crippen LogP contribution in [0.25, 0.3) is 5.82 Å². The molecular formula is C19H17F2N7O2. The molecule has 0 aliphatic carbocycles. The van der Waals surface area contributed by atoms with Crippen molar-refractivity contribution in [1.82, 2.24) is 34.1 Å². The van der Waals surface area contributed by atoms with Crippen molar-refractivity contribution in [3.63, 3.8) is 0 Å². The number of hydrogen-bond donors (Lipinski definition) is 1. The maximum atomic E-state index is 14.5. The Morgan fingerprint density at radius 1 is 1.10 bits per heavy atom. The fraction of sp³-hybridized carbons (Fsp3) is 0.211. The fourth-order valence-electron chi connectivity index (χ4n) is 3.12. The van der Waals surface area contributed by atoms with Crippen molar-refractivity contribution in [3.05, 3.63) is 88.8 Å². The Morgan fingerprint density at radius 3 is 2.60 bits per heavy atom. The van der Waals surface area contributed by atoms with E-state index in [0.29, 0.717) is 11.9 Å². The summed E-state index contributed by atoms with van der Waals surface area (Å²) in [7, 11) is 0. The molecule has 0 saturated heterocycles. The lowest BCUT2D eigenvalue weighted by Gasteiger charge is -2.28. The summed E-state index contributed by atoms with van der Waals surface area (Å²) >= 11 is 0. The Balaban J connectivity index is 1.74. The Bertz CT molecular complexity index is 1220. The topological polar surface area (TPSA) is 104 Å². The van der Waals surface area contributed by atoms with Crippen LogP contribution in [0.5, 0.6) is 0 Å². The highest BCUT2D eigenvalue weighted by Gasteiger charge is 2.35. The minimum atomic E-state index is -1.96. The third-order valence-electron chi connectivity index (χ3n) is 4.61. The molecule has 3 heterocycles. The normalized spacial score (nSPS) is 13.3. The van der Waals surface area contributed by atoms with E-state index in [4.69, 9.17) is 0 Å². The van der Waals surface area contributed by atoms with Gasteiger partial charge in [0.1, 0.15) is 42.0 Å². The van der Waals surface area contributed by atoms with E-state index in [-0.39, 0.29) is 12.1 Å². The SMILES string of the molecule is Cc1ccc(-n2cnn(CC(O)(Cn3cncn3)c3ccc(F)cc3F)c2=O)nc1. The van der Waals surface area contributed by atoms with Crippen LogP contribution in [0, 0.1) is 18.6 Å². The summed E-state index contributed by atoms with van der Waals surface area (Å²) in [6.07, 6.45) is 5.46. The second-order valence-electron chi connectivity index (χ2n) is 6.88. The minimum Gasteiger partial charge on any atom is -0.381 e. The quantitative estimate of drug-likeness (QED) is 0.509. The van der Waals surface area contributed by atoms with E-state index in [2.05, 4.69) is 20.2 Å². The van der Waals surface area contributed by atoms with Crippen LogP contribution >= 0.6 is 0 Å².